The van der Waals surface area contributed by atoms with Crippen molar-refractivity contribution in [1.29, 1.82) is 0 Å². The van der Waals surface area contributed by atoms with Crippen LogP contribution in [-0.2, 0) is 14.3 Å². The number of para-hydroxylation sites is 1. The first-order valence-electron chi connectivity index (χ1n) is 6.53. The zero-order chi connectivity index (χ0) is 14.1. The highest BCUT2D eigenvalue weighted by Crippen LogP contribution is 2.12. The Bertz CT molecular complexity index is 376. The predicted octanol–water partition coefficient (Wildman–Crippen LogP) is 2.85. The van der Waals surface area contributed by atoms with Crippen LogP contribution in [0, 0.1) is 0 Å². The van der Waals surface area contributed by atoms with Gasteiger partial charge in [-0.25, -0.2) is 0 Å². The van der Waals surface area contributed by atoms with Crippen molar-refractivity contribution < 1.29 is 14.3 Å². The molecule has 0 aliphatic rings. The zero-order valence-electron chi connectivity index (χ0n) is 11.9. The number of hydrogen-bond acceptors (Lipinski definition) is 4. The van der Waals surface area contributed by atoms with E-state index in [2.05, 4.69) is 5.32 Å². The molecule has 0 saturated heterocycles. The van der Waals surface area contributed by atoms with Crippen LogP contribution in [0.25, 0.3) is 0 Å². The van der Waals surface area contributed by atoms with Crippen LogP contribution in [0.3, 0.4) is 0 Å². The highest BCUT2D eigenvalue weighted by Gasteiger charge is 2.16. The van der Waals surface area contributed by atoms with E-state index in [9.17, 15) is 4.79 Å². The van der Waals surface area contributed by atoms with Gasteiger partial charge in [-0.15, -0.1) is 0 Å². The Labute approximate surface area is 115 Å². The molecule has 0 amide bonds. The number of anilines is 1. The summed E-state index contributed by atoms with van der Waals surface area (Å²) in [6.45, 7) is 4.91. The van der Waals surface area contributed by atoms with Gasteiger partial charge in [0.2, 0.25) is 0 Å². The molecule has 0 aliphatic heterocycles. The Morgan fingerprint density at radius 1 is 1.26 bits per heavy atom. The Kier molecular flexibility index (Phi) is 6.36. The number of carbonyl (C=O) groups is 1. The van der Waals surface area contributed by atoms with E-state index in [0.717, 1.165) is 5.69 Å². The van der Waals surface area contributed by atoms with Gasteiger partial charge in [-0.1, -0.05) is 18.2 Å². The summed E-state index contributed by atoms with van der Waals surface area (Å²) in [5.74, 6) is -0.185. The Morgan fingerprint density at radius 2 is 1.95 bits per heavy atom. The van der Waals surface area contributed by atoms with Crippen LogP contribution in [0.15, 0.2) is 30.3 Å². The van der Waals surface area contributed by atoms with Gasteiger partial charge in [-0.3, -0.25) is 4.79 Å². The van der Waals surface area contributed by atoms with Crippen molar-refractivity contribution in [3.63, 3.8) is 0 Å². The summed E-state index contributed by atoms with van der Waals surface area (Å²) in [7, 11) is 1.66. The fraction of sp³-hybridized carbons (Fsp3) is 0.533. The van der Waals surface area contributed by atoms with Gasteiger partial charge < -0.3 is 14.8 Å². The normalized spacial score (nSPS) is 11.1. The van der Waals surface area contributed by atoms with E-state index in [4.69, 9.17) is 9.47 Å². The number of carbonyl (C=O) groups excluding carboxylic acids is 1. The number of hydrogen-bond donors (Lipinski definition) is 1. The van der Waals surface area contributed by atoms with Crippen molar-refractivity contribution >= 4 is 11.7 Å². The molecule has 0 aromatic heterocycles. The summed E-state index contributed by atoms with van der Waals surface area (Å²) < 4.78 is 10.4. The van der Waals surface area contributed by atoms with Crippen LogP contribution in [0.5, 0.6) is 0 Å². The highest BCUT2D eigenvalue weighted by atomic mass is 16.5. The van der Waals surface area contributed by atoms with Crippen molar-refractivity contribution in [3.8, 4) is 0 Å². The summed E-state index contributed by atoms with van der Waals surface area (Å²) in [6, 6.07) is 9.79. The molecular weight excluding hydrogens is 242 g/mol. The van der Waals surface area contributed by atoms with Crippen molar-refractivity contribution in [1.82, 2.24) is 0 Å². The molecule has 0 spiro atoms. The molecule has 1 N–H and O–H groups in total. The van der Waals surface area contributed by atoms with Gasteiger partial charge in [0.15, 0.2) is 0 Å². The lowest BCUT2D eigenvalue weighted by atomic mass is 10.1. The molecule has 1 aromatic rings. The van der Waals surface area contributed by atoms with Crippen LogP contribution >= 0.6 is 0 Å². The fourth-order valence-electron chi connectivity index (χ4n) is 1.45. The Morgan fingerprint density at radius 3 is 2.58 bits per heavy atom. The lowest BCUT2D eigenvalue weighted by Gasteiger charge is -2.22. The van der Waals surface area contributed by atoms with E-state index in [1.807, 2.05) is 44.2 Å². The summed E-state index contributed by atoms with van der Waals surface area (Å²) in [5.41, 5.74) is 0.763. The van der Waals surface area contributed by atoms with Gasteiger partial charge in [0.25, 0.3) is 0 Å². The molecule has 0 atom stereocenters. The standard InChI is InChI=1S/C15H23NO3/c1-15(2,18-3)10-12-19-14(17)9-11-16-13-7-5-4-6-8-13/h4-8,16H,9-12H2,1-3H3. The summed E-state index contributed by atoms with van der Waals surface area (Å²) >= 11 is 0. The maximum Gasteiger partial charge on any atom is 0.307 e. The highest BCUT2D eigenvalue weighted by molar-refractivity contribution is 5.70. The summed E-state index contributed by atoms with van der Waals surface area (Å²) in [4.78, 5) is 11.5. The minimum atomic E-state index is -0.247. The molecule has 0 saturated carbocycles. The summed E-state index contributed by atoms with van der Waals surface area (Å²) in [5, 5.41) is 3.17. The first-order valence-corrected chi connectivity index (χ1v) is 6.53. The second-order valence-corrected chi connectivity index (χ2v) is 4.98. The van der Waals surface area contributed by atoms with Crippen LogP contribution < -0.4 is 5.32 Å². The zero-order valence-corrected chi connectivity index (χ0v) is 11.9. The average molecular weight is 265 g/mol. The quantitative estimate of drug-likeness (QED) is 0.734. The lowest BCUT2D eigenvalue weighted by molar-refractivity contribution is -0.144. The van der Waals surface area contributed by atoms with Crippen LogP contribution in [0.2, 0.25) is 0 Å². The third-order valence-corrected chi connectivity index (χ3v) is 2.95. The van der Waals surface area contributed by atoms with Crippen molar-refractivity contribution in [2.24, 2.45) is 0 Å². The predicted molar refractivity (Wildman–Crippen MR) is 76.2 cm³/mol. The van der Waals surface area contributed by atoms with E-state index in [1.54, 1.807) is 7.11 Å². The molecule has 0 bridgehead atoms. The fourth-order valence-corrected chi connectivity index (χ4v) is 1.45. The van der Waals surface area contributed by atoms with E-state index >= 15 is 0 Å². The Hall–Kier alpha value is -1.55. The van der Waals surface area contributed by atoms with Crippen molar-refractivity contribution in [2.45, 2.75) is 32.3 Å². The smallest absolute Gasteiger partial charge is 0.307 e. The monoisotopic (exact) mass is 265 g/mol. The van der Waals surface area contributed by atoms with Crippen molar-refractivity contribution in [2.75, 3.05) is 25.6 Å². The molecule has 1 aromatic carbocycles. The van der Waals surface area contributed by atoms with Gasteiger partial charge in [0.05, 0.1) is 18.6 Å². The van der Waals surface area contributed by atoms with Gasteiger partial charge in [0, 0.05) is 25.8 Å². The lowest BCUT2D eigenvalue weighted by Crippen LogP contribution is -2.25. The van der Waals surface area contributed by atoms with E-state index in [0.29, 0.717) is 26.0 Å². The minimum absolute atomic E-state index is 0.185. The number of nitrogens with one attached hydrogen (secondary N) is 1. The molecule has 106 valence electrons. The first kappa shape index (κ1) is 15.5. The van der Waals surface area contributed by atoms with Gasteiger partial charge >= 0.3 is 5.97 Å². The summed E-state index contributed by atoms with van der Waals surface area (Å²) in [6.07, 6.45) is 1.06. The molecule has 0 radical (unpaired) electrons. The number of rotatable bonds is 8. The topological polar surface area (TPSA) is 47.6 Å². The second kappa shape index (κ2) is 7.79. The SMILES string of the molecule is COC(C)(C)CCOC(=O)CCNc1ccccc1. The molecule has 0 heterocycles. The number of benzene rings is 1. The number of ether oxygens (including phenoxy) is 2. The maximum absolute atomic E-state index is 11.5. The van der Waals surface area contributed by atoms with E-state index in [1.165, 1.54) is 0 Å². The van der Waals surface area contributed by atoms with Gasteiger partial charge in [-0.2, -0.15) is 0 Å². The largest absolute Gasteiger partial charge is 0.466 e. The molecule has 4 nitrogen and oxygen atoms in total. The van der Waals surface area contributed by atoms with Crippen molar-refractivity contribution in [3.05, 3.63) is 30.3 Å². The second-order valence-electron chi connectivity index (χ2n) is 4.98. The van der Waals surface area contributed by atoms with E-state index in [-0.39, 0.29) is 11.6 Å². The average Bonchev–Trinajstić information content (AvgIpc) is 2.40. The third-order valence-electron chi connectivity index (χ3n) is 2.95. The minimum Gasteiger partial charge on any atom is -0.466 e. The van der Waals surface area contributed by atoms with Gasteiger partial charge in [-0.05, 0) is 26.0 Å². The first-order chi connectivity index (χ1) is 9.03. The van der Waals surface area contributed by atoms with E-state index < -0.39 is 0 Å². The van der Waals surface area contributed by atoms with Crippen LogP contribution in [0.1, 0.15) is 26.7 Å². The molecule has 0 unspecified atom stereocenters. The Balaban J connectivity index is 2.12. The van der Waals surface area contributed by atoms with Crippen LogP contribution in [-0.4, -0.2) is 31.8 Å². The third kappa shape index (κ3) is 6.82. The molecule has 4 heteroatoms. The molecular formula is C15H23NO3. The number of esters is 1. The van der Waals surface area contributed by atoms with Crippen LogP contribution in [0.4, 0.5) is 5.69 Å². The molecule has 0 aliphatic carbocycles. The van der Waals surface area contributed by atoms with Gasteiger partial charge in [0.1, 0.15) is 0 Å². The maximum atomic E-state index is 11.5. The molecule has 1 rings (SSSR count). The molecule has 0 fully saturated rings. The number of methoxy groups -OCH3 is 1. The molecule has 19 heavy (non-hydrogen) atoms.